The Bertz CT molecular complexity index is 1580. The van der Waals surface area contributed by atoms with Crippen molar-refractivity contribution in [2.45, 2.75) is 39.0 Å². The molecule has 196 valence electrons. The van der Waals surface area contributed by atoms with Gasteiger partial charge in [0.1, 0.15) is 24.5 Å². The van der Waals surface area contributed by atoms with E-state index in [9.17, 15) is 18.8 Å². The number of hydrogen-bond donors (Lipinski definition) is 1. The van der Waals surface area contributed by atoms with Crippen LogP contribution in [0.25, 0.3) is 21.3 Å². The number of aryl methyl sites for hydroxylation is 1. The van der Waals surface area contributed by atoms with Crippen molar-refractivity contribution in [3.63, 3.8) is 0 Å². The maximum absolute atomic E-state index is 15.4. The lowest BCUT2D eigenvalue weighted by atomic mass is 10.0. The largest absolute Gasteiger partial charge is 0.326 e. The summed E-state index contributed by atoms with van der Waals surface area (Å²) in [6.45, 7) is 2.74. The van der Waals surface area contributed by atoms with Crippen LogP contribution in [0, 0.1) is 12.7 Å². The predicted molar refractivity (Wildman–Crippen MR) is 143 cm³/mol. The number of carbonyl (C=O) groups excluding carboxylic acids is 3. The molecule has 0 saturated carbocycles. The Morgan fingerprint density at radius 2 is 1.89 bits per heavy atom. The average molecular weight is 557 g/mol. The number of Topliss-reactive ketones (excluding diaryl/α,β-unsaturated/α-hetero) is 1. The fraction of sp³-hybridized carbons (Fsp3) is 0.259. The van der Waals surface area contributed by atoms with Crippen molar-refractivity contribution in [3.8, 4) is 11.1 Å². The van der Waals surface area contributed by atoms with Crippen LogP contribution in [0.4, 0.5) is 14.5 Å². The molecule has 1 aliphatic heterocycles. The first-order chi connectivity index (χ1) is 18.1. The lowest BCUT2D eigenvalue weighted by Gasteiger charge is -2.24. The summed E-state index contributed by atoms with van der Waals surface area (Å²) in [7, 11) is 0. The number of rotatable bonds is 6. The van der Waals surface area contributed by atoms with Gasteiger partial charge in [-0.3, -0.25) is 19.1 Å². The minimum atomic E-state index is -1.41. The number of thiophene rings is 1. The molecule has 7 nitrogen and oxygen atoms in total. The topological polar surface area (TPSA) is 84.3 Å². The number of likely N-dealkylation sites (tertiary alicyclic amines) is 1. The number of carbonyl (C=O) groups is 3. The van der Waals surface area contributed by atoms with Crippen LogP contribution in [0.2, 0.25) is 5.02 Å². The summed E-state index contributed by atoms with van der Waals surface area (Å²) in [4.78, 5) is 40.6. The van der Waals surface area contributed by atoms with E-state index in [1.807, 2.05) is 13.0 Å². The molecule has 11 heteroatoms. The number of halogens is 3. The monoisotopic (exact) mass is 556 g/mol. The molecule has 1 saturated heterocycles. The molecule has 2 atom stereocenters. The van der Waals surface area contributed by atoms with Crippen LogP contribution in [0.3, 0.4) is 0 Å². The van der Waals surface area contributed by atoms with Gasteiger partial charge in [-0.25, -0.2) is 8.78 Å². The Balaban J connectivity index is 1.37. The molecule has 5 rings (SSSR count). The molecular formula is C27H23ClF2N4O3S. The number of fused-ring (bicyclic) bond motifs is 1. The summed E-state index contributed by atoms with van der Waals surface area (Å²) in [6.07, 6.45) is -1.63. The lowest BCUT2D eigenvalue weighted by molar-refractivity contribution is -0.137. The number of ketones is 1. The summed E-state index contributed by atoms with van der Waals surface area (Å²) in [5.41, 5.74) is 1.45. The van der Waals surface area contributed by atoms with Crippen molar-refractivity contribution >= 4 is 56.4 Å². The number of benzene rings is 2. The highest BCUT2D eigenvalue weighted by molar-refractivity contribution is 7.19. The molecule has 1 aliphatic rings. The summed E-state index contributed by atoms with van der Waals surface area (Å²) < 4.78 is 31.9. The van der Waals surface area contributed by atoms with Gasteiger partial charge in [-0.15, -0.1) is 11.3 Å². The van der Waals surface area contributed by atoms with Gasteiger partial charge in [-0.2, -0.15) is 5.10 Å². The van der Waals surface area contributed by atoms with Crippen LogP contribution in [0.15, 0.2) is 48.5 Å². The van der Waals surface area contributed by atoms with E-state index in [2.05, 4.69) is 10.4 Å². The third-order valence-corrected chi connectivity index (χ3v) is 7.84. The lowest BCUT2D eigenvalue weighted by Crippen LogP contribution is -2.44. The fourth-order valence-electron chi connectivity index (χ4n) is 4.69. The van der Waals surface area contributed by atoms with E-state index < -0.39 is 29.8 Å². The maximum atomic E-state index is 15.4. The van der Waals surface area contributed by atoms with Crippen molar-refractivity contribution in [3.05, 3.63) is 69.9 Å². The molecule has 4 aromatic rings. The second-order valence-electron chi connectivity index (χ2n) is 9.16. The first kappa shape index (κ1) is 26.0. The minimum Gasteiger partial charge on any atom is -0.326 e. The van der Waals surface area contributed by atoms with Gasteiger partial charge in [0.2, 0.25) is 11.8 Å². The molecule has 0 aliphatic carbocycles. The highest BCUT2D eigenvalue weighted by Crippen LogP contribution is 2.33. The number of nitrogens with zero attached hydrogens (tertiary/aromatic N) is 3. The predicted octanol–water partition coefficient (Wildman–Crippen LogP) is 5.65. The summed E-state index contributed by atoms with van der Waals surface area (Å²) >= 11 is 7.62. The maximum Gasteiger partial charge on any atom is 0.247 e. The molecule has 2 amide bonds. The van der Waals surface area contributed by atoms with Gasteiger partial charge >= 0.3 is 0 Å². The SMILES string of the molecule is CC(=O)c1nn(CC(=O)N2C[C@H](F)C[C@H]2C(=O)Nc2cccc(-c3ccccc3Cl)c2F)c2cc(C)sc12. The molecule has 38 heavy (non-hydrogen) atoms. The van der Waals surface area contributed by atoms with E-state index in [-0.39, 0.29) is 42.2 Å². The van der Waals surface area contributed by atoms with Crippen LogP contribution in [-0.2, 0) is 16.1 Å². The highest BCUT2D eigenvalue weighted by atomic mass is 35.5. The van der Waals surface area contributed by atoms with Crippen LogP contribution in [0.5, 0.6) is 0 Å². The first-order valence-corrected chi connectivity index (χ1v) is 13.1. The average Bonchev–Trinajstić information content (AvgIpc) is 3.54. The Kier molecular flexibility index (Phi) is 7.02. The molecule has 0 bridgehead atoms. The van der Waals surface area contributed by atoms with Crippen LogP contribution in [-0.4, -0.2) is 51.0 Å². The van der Waals surface area contributed by atoms with Crippen molar-refractivity contribution in [1.29, 1.82) is 0 Å². The number of aromatic nitrogens is 2. The van der Waals surface area contributed by atoms with Crippen molar-refractivity contribution in [2.24, 2.45) is 0 Å². The van der Waals surface area contributed by atoms with Gasteiger partial charge in [0.25, 0.3) is 0 Å². The molecule has 1 fully saturated rings. The molecular weight excluding hydrogens is 534 g/mol. The van der Waals surface area contributed by atoms with Gasteiger partial charge in [0, 0.05) is 34.4 Å². The highest BCUT2D eigenvalue weighted by Gasteiger charge is 2.40. The molecule has 2 aromatic carbocycles. The van der Waals surface area contributed by atoms with Gasteiger partial charge in [0.05, 0.1) is 22.4 Å². The second-order valence-corrected chi connectivity index (χ2v) is 10.8. The molecule has 0 unspecified atom stereocenters. The summed E-state index contributed by atoms with van der Waals surface area (Å²) in [5, 5.41) is 7.16. The Morgan fingerprint density at radius 1 is 1.16 bits per heavy atom. The van der Waals surface area contributed by atoms with Gasteiger partial charge in [0.15, 0.2) is 11.6 Å². The normalized spacial score (nSPS) is 17.2. The smallest absolute Gasteiger partial charge is 0.247 e. The number of amides is 2. The van der Waals surface area contributed by atoms with Crippen LogP contribution >= 0.6 is 22.9 Å². The number of alkyl halides is 1. The third-order valence-electron chi connectivity index (χ3n) is 6.46. The Hall–Kier alpha value is -3.63. The summed E-state index contributed by atoms with van der Waals surface area (Å²) in [6, 6.07) is 11.9. The van der Waals surface area contributed by atoms with Gasteiger partial charge in [-0.05, 0) is 25.1 Å². The number of nitrogens with one attached hydrogen (secondary N) is 1. The van der Waals surface area contributed by atoms with E-state index in [0.717, 1.165) is 9.78 Å². The van der Waals surface area contributed by atoms with Crippen LogP contribution in [0.1, 0.15) is 28.7 Å². The van der Waals surface area contributed by atoms with E-state index >= 15 is 4.39 Å². The Labute approximate surface area is 226 Å². The number of anilines is 1. The molecule has 3 heterocycles. The third kappa shape index (κ3) is 4.81. The minimum absolute atomic E-state index is 0.101. The first-order valence-electron chi connectivity index (χ1n) is 11.9. The Morgan fingerprint density at radius 3 is 2.63 bits per heavy atom. The zero-order valence-corrected chi connectivity index (χ0v) is 22.1. The number of hydrogen-bond acceptors (Lipinski definition) is 5. The molecule has 2 aromatic heterocycles. The van der Waals surface area contributed by atoms with E-state index in [0.29, 0.717) is 20.8 Å². The van der Waals surface area contributed by atoms with E-state index in [1.54, 1.807) is 36.4 Å². The zero-order valence-electron chi connectivity index (χ0n) is 20.5. The summed E-state index contributed by atoms with van der Waals surface area (Å²) in [5.74, 6) is -2.15. The molecule has 1 N–H and O–H groups in total. The standard InChI is InChI=1S/C27H23ClF2N4O3S/c1-14-10-21-26(38-14)25(15(2)35)32-34(21)13-23(36)33-12-16(29)11-22(33)27(37)31-20-9-5-7-18(24(20)30)17-6-3-4-8-19(17)28/h3-10,16,22H,11-13H2,1-2H3,(H,31,37)/t16-,22+/m1/s1. The van der Waals surface area contributed by atoms with Gasteiger partial charge in [-0.1, -0.05) is 41.9 Å². The quantitative estimate of drug-likeness (QED) is 0.311. The van der Waals surface area contributed by atoms with Crippen LogP contribution < -0.4 is 5.32 Å². The fourth-order valence-corrected chi connectivity index (χ4v) is 5.97. The van der Waals surface area contributed by atoms with E-state index in [1.165, 1.54) is 29.0 Å². The molecule has 0 radical (unpaired) electrons. The van der Waals surface area contributed by atoms with Crippen molar-refractivity contribution in [2.75, 3.05) is 11.9 Å². The zero-order chi connectivity index (χ0) is 27.1. The van der Waals surface area contributed by atoms with Crippen molar-refractivity contribution in [1.82, 2.24) is 14.7 Å². The molecule has 0 spiro atoms. The van der Waals surface area contributed by atoms with Gasteiger partial charge < -0.3 is 10.2 Å². The second kappa shape index (κ2) is 10.3. The van der Waals surface area contributed by atoms with E-state index in [4.69, 9.17) is 11.6 Å². The van der Waals surface area contributed by atoms with Crippen molar-refractivity contribution < 1.29 is 23.2 Å².